The van der Waals surface area contributed by atoms with Crippen LogP contribution in [0.15, 0.2) is 72.0 Å². The van der Waals surface area contributed by atoms with Crippen molar-refractivity contribution in [3.63, 3.8) is 0 Å². The largest absolute Gasteiger partial charge is 0.481 e. The molecule has 2 fully saturated rings. The molecule has 3 unspecified atom stereocenters. The van der Waals surface area contributed by atoms with Crippen molar-refractivity contribution in [1.29, 1.82) is 0 Å². The minimum absolute atomic E-state index is 0.0868. The summed E-state index contributed by atoms with van der Waals surface area (Å²) in [5, 5.41) is 12.4. The van der Waals surface area contributed by atoms with E-state index in [-0.39, 0.29) is 29.0 Å². The van der Waals surface area contributed by atoms with Crippen LogP contribution in [-0.2, 0) is 14.3 Å². The van der Waals surface area contributed by atoms with Crippen molar-refractivity contribution in [2.75, 3.05) is 0 Å². The fourth-order valence-electron chi connectivity index (χ4n) is 6.56. The standard InChI is InChI=1S/C27H25NO4/c1-27-9-7-17-12-19-22(29)3-2-4-23(19)32-25(17)24(27)20(26(30)31)13-21(27)16-6-5-15-8-10-28-14-18(15)11-16/h2-6,8,10-11,14,17,19-21H,7,9,12-13H2,1H3,(H,30,31)/t17?,19?,20?,21-,27-/m1/s1. The molecular formula is C27H25NO4. The molecule has 1 aliphatic heterocycles. The fourth-order valence-corrected chi connectivity index (χ4v) is 6.56. The molecule has 32 heavy (non-hydrogen) atoms. The first-order valence-electron chi connectivity index (χ1n) is 11.4. The van der Waals surface area contributed by atoms with Crippen LogP contribution in [0.3, 0.4) is 0 Å². The summed E-state index contributed by atoms with van der Waals surface area (Å²) in [5.41, 5.74) is 1.82. The number of ether oxygens (including phenoxy) is 1. The predicted molar refractivity (Wildman–Crippen MR) is 120 cm³/mol. The van der Waals surface area contributed by atoms with E-state index in [0.717, 1.165) is 40.5 Å². The Morgan fingerprint density at radius 2 is 2.09 bits per heavy atom. The number of rotatable bonds is 2. The molecule has 5 atom stereocenters. The van der Waals surface area contributed by atoms with Gasteiger partial charge >= 0.3 is 5.97 Å². The van der Waals surface area contributed by atoms with Gasteiger partial charge in [0, 0.05) is 23.7 Å². The SMILES string of the molecule is C[C@]12CCC3CC4C(=O)C=CC=C4OC3=C1C(C(=O)O)C[C@@H]2c1ccc2ccncc2c1. The Morgan fingerprint density at radius 3 is 2.94 bits per heavy atom. The van der Waals surface area contributed by atoms with Gasteiger partial charge in [0.1, 0.15) is 11.5 Å². The highest BCUT2D eigenvalue weighted by molar-refractivity contribution is 5.95. The lowest BCUT2D eigenvalue weighted by Crippen LogP contribution is -2.37. The van der Waals surface area contributed by atoms with Gasteiger partial charge in [-0.2, -0.15) is 0 Å². The van der Waals surface area contributed by atoms with Gasteiger partial charge in [-0.25, -0.2) is 0 Å². The summed E-state index contributed by atoms with van der Waals surface area (Å²) in [6.07, 6.45) is 11.9. The van der Waals surface area contributed by atoms with Gasteiger partial charge in [-0.05, 0) is 77.8 Å². The number of pyridine rings is 1. The number of aromatic nitrogens is 1. The molecule has 0 radical (unpaired) electrons. The Kier molecular flexibility index (Phi) is 4.19. The molecule has 0 amide bonds. The first-order chi connectivity index (χ1) is 15.5. The molecule has 4 aliphatic rings. The number of carboxylic acids is 1. The highest BCUT2D eigenvalue weighted by atomic mass is 16.5. The molecule has 0 spiro atoms. The maximum Gasteiger partial charge on any atom is 0.310 e. The molecule has 6 rings (SSSR count). The molecule has 162 valence electrons. The highest BCUT2D eigenvalue weighted by Crippen LogP contribution is 2.64. The Morgan fingerprint density at radius 1 is 1.22 bits per heavy atom. The topological polar surface area (TPSA) is 76.5 Å². The molecule has 2 aromatic rings. The highest BCUT2D eigenvalue weighted by Gasteiger charge is 2.56. The molecule has 3 aliphatic carbocycles. The van der Waals surface area contributed by atoms with Crippen molar-refractivity contribution in [1.82, 2.24) is 4.98 Å². The van der Waals surface area contributed by atoms with Crippen molar-refractivity contribution in [3.8, 4) is 0 Å². The second-order valence-electron chi connectivity index (χ2n) is 9.81. The zero-order valence-corrected chi connectivity index (χ0v) is 18.0. The number of fused-ring (bicyclic) bond motifs is 4. The molecule has 5 nitrogen and oxygen atoms in total. The van der Waals surface area contributed by atoms with Crippen LogP contribution in [0.25, 0.3) is 10.8 Å². The van der Waals surface area contributed by atoms with E-state index >= 15 is 0 Å². The molecule has 2 heterocycles. The van der Waals surface area contributed by atoms with Gasteiger partial charge in [0.25, 0.3) is 0 Å². The van der Waals surface area contributed by atoms with Crippen LogP contribution in [-0.4, -0.2) is 21.8 Å². The van der Waals surface area contributed by atoms with Gasteiger partial charge < -0.3 is 9.84 Å². The lowest BCUT2D eigenvalue weighted by atomic mass is 9.63. The van der Waals surface area contributed by atoms with Crippen LogP contribution in [0.4, 0.5) is 0 Å². The lowest BCUT2D eigenvalue weighted by Gasteiger charge is -2.45. The van der Waals surface area contributed by atoms with Gasteiger partial charge in [0.05, 0.1) is 11.8 Å². The fraction of sp³-hybridized carbons (Fsp3) is 0.370. The molecule has 1 N–H and O–H groups in total. The second-order valence-corrected chi connectivity index (χ2v) is 9.81. The third-order valence-corrected chi connectivity index (χ3v) is 8.17. The second kappa shape index (κ2) is 6.89. The summed E-state index contributed by atoms with van der Waals surface area (Å²) in [6, 6.07) is 8.41. The summed E-state index contributed by atoms with van der Waals surface area (Å²) in [5.74, 6) is 0.197. The predicted octanol–water partition coefficient (Wildman–Crippen LogP) is 5.15. The summed E-state index contributed by atoms with van der Waals surface area (Å²) in [6.45, 7) is 2.21. The van der Waals surface area contributed by atoms with E-state index in [1.54, 1.807) is 18.3 Å². The Labute approximate surface area is 186 Å². The summed E-state index contributed by atoms with van der Waals surface area (Å²) in [4.78, 5) is 29.1. The monoisotopic (exact) mass is 427 g/mol. The molecule has 1 saturated heterocycles. The van der Waals surface area contributed by atoms with Crippen molar-refractivity contribution in [2.45, 2.75) is 38.5 Å². The summed E-state index contributed by atoms with van der Waals surface area (Å²) < 4.78 is 6.37. The molecule has 1 aromatic carbocycles. The van der Waals surface area contributed by atoms with E-state index in [0.29, 0.717) is 18.6 Å². The van der Waals surface area contributed by atoms with E-state index < -0.39 is 11.9 Å². The van der Waals surface area contributed by atoms with Gasteiger partial charge in [-0.15, -0.1) is 0 Å². The van der Waals surface area contributed by atoms with E-state index in [1.165, 1.54) is 0 Å². The average molecular weight is 428 g/mol. The van der Waals surface area contributed by atoms with Gasteiger partial charge in [0.15, 0.2) is 5.78 Å². The van der Waals surface area contributed by atoms with Crippen LogP contribution in [0.5, 0.6) is 0 Å². The lowest BCUT2D eigenvalue weighted by molar-refractivity contribution is -0.140. The first-order valence-corrected chi connectivity index (χ1v) is 11.4. The normalized spacial score (nSPS) is 33.3. The minimum atomic E-state index is -0.788. The van der Waals surface area contributed by atoms with Crippen LogP contribution in [0.2, 0.25) is 0 Å². The number of allylic oxidation sites excluding steroid dienone is 5. The Bertz CT molecular complexity index is 1260. The molecule has 0 bridgehead atoms. The number of nitrogens with zero attached hydrogens (tertiary/aromatic N) is 1. The smallest absolute Gasteiger partial charge is 0.310 e. The molecular weight excluding hydrogens is 402 g/mol. The van der Waals surface area contributed by atoms with Crippen LogP contribution in [0, 0.1) is 23.2 Å². The van der Waals surface area contributed by atoms with E-state index in [1.807, 2.05) is 18.3 Å². The number of ketones is 1. The number of hydrogen-bond acceptors (Lipinski definition) is 4. The van der Waals surface area contributed by atoms with Crippen molar-refractivity contribution in [3.05, 3.63) is 77.5 Å². The third-order valence-electron chi connectivity index (χ3n) is 8.17. The number of benzene rings is 1. The number of hydrogen-bond donors (Lipinski definition) is 1. The zero-order valence-electron chi connectivity index (χ0n) is 18.0. The summed E-state index contributed by atoms with van der Waals surface area (Å²) in [7, 11) is 0. The quantitative estimate of drug-likeness (QED) is 0.717. The average Bonchev–Trinajstić information content (AvgIpc) is 3.12. The van der Waals surface area contributed by atoms with Crippen LogP contribution in [0.1, 0.15) is 44.1 Å². The third kappa shape index (κ3) is 2.73. The summed E-state index contributed by atoms with van der Waals surface area (Å²) >= 11 is 0. The molecule has 5 heteroatoms. The van der Waals surface area contributed by atoms with Gasteiger partial charge in [-0.1, -0.05) is 25.1 Å². The zero-order chi connectivity index (χ0) is 22.0. The van der Waals surface area contributed by atoms with Crippen molar-refractivity contribution >= 4 is 22.5 Å². The van der Waals surface area contributed by atoms with E-state index in [2.05, 4.69) is 30.1 Å². The number of carbonyl (C=O) groups excluding carboxylic acids is 1. The maximum absolute atomic E-state index is 12.4. The maximum atomic E-state index is 12.4. The van der Waals surface area contributed by atoms with Gasteiger partial charge in [-0.3, -0.25) is 14.6 Å². The van der Waals surface area contributed by atoms with Crippen LogP contribution < -0.4 is 0 Å². The Balaban J connectivity index is 1.47. The first kappa shape index (κ1) is 19.5. The molecule has 1 saturated carbocycles. The minimum Gasteiger partial charge on any atom is -0.481 e. The van der Waals surface area contributed by atoms with Gasteiger partial charge in [0.2, 0.25) is 0 Å². The van der Waals surface area contributed by atoms with E-state index in [4.69, 9.17) is 4.74 Å². The number of aliphatic carboxylic acids is 1. The number of carboxylic acid groups (broad SMARTS) is 1. The van der Waals surface area contributed by atoms with E-state index in [9.17, 15) is 14.7 Å². The molecule has 1 aromatic heterocycles. The number of carbonyl (C=O) groups is 2. The van der Waals surface area contributed by atoms with Crippen molar-refractivity contribution < 1.29 is 19.4 Å². The Hall–Kier alpha value is -3.21. The van der Waals surface area contributed by atoms with Crippen LogP contribution >= 0.6 is 0 Å². The van der Waals surface area contributed by atoms with Crippen molar-refractivity contribution in [2.24, 2.45) is 23.2 Å².